The van der Waals surface area contributed by atoms with E-state index in [4.69, 9.17) is 0 Å². The molecule has 0 saturated heterocycles. The Bertz CT molecular complexity index is 716. The molecule has 0 atom stereocenters. The van der Waals surface area contributed by atoms with Crippen LogP contribution in [0.2, 0.25) is 0 Å². The number of amides is 2. The molecule has 2 rings (SSSR count). The van der Waals surface area contributed by atoms with Crippen molar-refractivity contribution in [2.45, 2.75) is 29.5 Å². The average molecular weight is 397 g/mol. The van der Waals surface area contributed by atoms with Crippen LogP contribution in [0, 0.1) is 5.92 Å². The molecule has 1 aromatic carbocycles. The van der Waals surface area contributed by atoms with Crippen LogP contribution < -0.4 is 10.6 Å². The van der Waals surface area contributed by atoms with Crippen molar-refractivity contribution in [2.75, 3.05) is 22.1 Å². The lowest BCUT2D eigenvalue weighted by Crippen LogP contribution is -2.14. The molecule has 0 bridgehead atoms. The molecule has 0 saturated carbocycles. The number of carbonyl (C=O) groups is 2. The largest absolute Gasteiger partial charge is 0.326 e. The number of aromatic nitrogens is 2. The van der Waals surface area contributed by atoms with Crippen LogP contribution in [0.15, 0.2) is 32.9 Å². The summed E-state index contributed by atoms with van der Waals surface area (Å²) in [7, 11) is 0. The Morgan fingerprint density at radius 2 is 1.60 bits per heavy atom. The Balaban J connectivity index is 1.77. The maximum Gasteiger partial charge on any atom is 0.234 e. The van der Waals surface area contributed by atoms with E-state index in [1.165, 1.54) is 30.0 Å². The molecule has 0 unspecified atom stereocenters. The van der Waals surface area contributed by atoms with Crippen LogP contribution in [0.1, 0.15) is 20.8 Å². The first-order chi connectivity index (χ1) is 11.9. The third-order valence-electron chi connectivity index (χ3n) is 2.74. The number of hydrogen-bond acceptors (Lipinski definition) is 7. The lowest BCUT2D eigenvalue weighted by Gasteiger charge is -2.06. The predicted octanol–water partition coefficient (Wildman–Crippen LogP) is 3.98. The Kier molecular flexibility index (Phi) is 7.73. The van der Waals surface area contributed by atoms with Gasteiger partial charge < -0.3 is 10.6 Å². The SMILES string of the molecule is CC(=O)Nc1ccc(NC(=O)CSc2nnc(SCC(C)C)s2)cc1. The van der Waals surface area contributed by atoms with Crippen molar-refractivity contribution in [3.05, 3.63) is 24.3 Å². The summed E-state index contributed by atoms with van der Waals surface area (Å²) in [6.45, 7) is 5.78. The normalized spacial score (nSPS) is 10.7. The molecular weight excluding hydrogens is 376 g/mol. The smallest absolute Gasteiger partial charge is 0.234 e. The first kappa shape index (κ1) is 19.7. The highest BCUT2D eigenvalue weighted by Gasteiger charge is 2.09. The molecule has 0 fully saturated rings. The number of anilines is 2. The first-order valence-electron chi connectivity index (χ1n) is 7.69. The number of thioether (sulfide) groups is 2. The van der Waals surface area contributed by atoms with Gasteiger partial charge in [0.05, 0.1) is 5.75 Å². The summed E-state index contributed by atoms with van der Waals surface area (Å²) in [5.41, 5.74) is 1.38. The quantitative estimate of drug-likeness (QED) is 0.657. The van der Waals surface area contributed by atoms with E-state index in [2.05, 4.69) is 34.7 Å². The summed E-state index contributed by atoms with van der Waals surface area (Å²) in [5.74, 6) is 1.65. The van der Waals surface area contributed by atoms with E-state index in [0.29, 0.717) is 17.3 Å². The molecule has 2 N–H and O–H groups in total. The Morgan fingerprint density at radius 3 is 2.16 bits per heavy atom. The number of nitrogens with zero attached hydrogens (tertiary/aromatic N) is 2. The summed E-state index contributed by atoms with van der Waals surface area (Å²) in [6, 6.07) is 6.99. The minimum Gasteiger partial charge on any atom is -0.326 e. The molecule has 25 heavy (non-hydrogen) atoms. The molecule has 134 valence electrons. The fourth-order valence-corrected chi connectivity index (χ4v) is 4.51. The monoisotopic (exact) mass is 396 g/mol. The molecule has 0 spiro atoms. The molecule has 1 aromatic heterocycles. The Labute approximate surface area is 159 Å². The van der Waals surface area contributed by atoms with E-state index in [1.54, 1.807) is 36.0 Å². The van der Waals surface area contributed by atoms with Gasteiger partial charge >= 0.3 is 0 Å². The van der Waals surface area contributed by atoms with E-state index in [1.807, 2.05) is 0 Å². The zero-order valence-corrected chi connectivity index (χ0v) is 16.7. The van der Waals surface area contributed by atoms with Crippen molar-refractivity contribution in [2.24, 2.45) is 5.92 Å². The Morgan fingerprint density at radius 1 is 1.04 bits per heavy atom. The van der Waals surface area contributed by atoms with Crippen molar-refractivity contribution >= 4 is 58.0 Å². The van der Waals surface area contributed by atoms with Gasteiger partial charge in [-0.25, -0.2) is 0 Å². The molecule has 9 heteroatoms. The highest BCUT2D eigenvalue weighted by atomic mass is 32.2. The third kappa shape index (κ3) is 7.45. The van der Waals surface area contributed by atoms with Crippen molar-refractivity contribution in [3.8, 4) is 0 Å². The van der Waals surface area contributed by atoms with Crippen LogP contribution in [0.3, 0.4) is 0 Å². The zero-order chi connectivity index (χ0) is 18.2. The van der Waals surface area contributed by atoms with Gasteiger partial charge in [-0.05, 0) is 30.2 Å². The summed E-state index contributed by atoms with van der Waals surface area (Å²) in [6.07, 6.45) is 0. The summed E-state index contributed by atoms with van der Waals surface area (Å²) >= 11 is 4.58. The fraction of sp³-hybridized carbons (Fsp3) is 0.375. The van der Waals surface area contributed by atoms with Crippen LogP contribution >= 0.6 is 34.9 Å². The van der Waals surface area contributed by atoms with E-state index < -0.39 is 0 Å². The van der Waals surface area contributed by atoms with Crippen LogP contribution in [-0.2, 0) is 9.59 Å². The second kappa shape index (κ2) is 9.79. The molecule has 0 aliphatic heterocycles. The van der Waals surface area contributed by atoms with E-state index in [0.717, 1.165) is 14.4 Å². The summed E-state index contributed by atoms with van der Waals surface area (Å²) < 4.78 is 1.73. The van der Waals surface area contributed by atoms with Gasteiger partial charge in [-0.3, -0.25) is 9.59 Å². The Hall–Kier alpha value is -1.58. The van der Waals surface area contributed by atoms with Crippen molar-refractivity contribution in [1.82, 2.24) is 10.2 Å². The van der Waals surface area contributed by atoms with Crippen molar-refractivity contribution in [3.63, 3.8) is 0 Å². The molecule has 0 aliphatic rings. The fourth-order valence-electron chi connectivity index (χ4n) is 1.72. The maximum absolute atomic E-state index is 12.0. The maximum atomic E-state index is 12.0. The minimum absolute atomic E-state index is 0.108. The van der Waals surface area contributed by atoms with E-state index in [-0.39, 0.29) is 17.6 Å². The molecule has 0 aliphatic carbocycles. The first-order valence-corrected chi connectivity index (χ1v) is 10.5. The highest BCUT2D eigenvalue weighted by molar-refractivity contribution is 8.03. The van der Waals surface area contributed by atoms with Crippen molar-refractivity contribution in [1.29, 1.82) is 0 Å². The molecule has 6 nitrogen and oxygen atoms in total. The third-order valence-corrected chi connectivity index (χ3v) is 6.36. The van der Waals surface area contributed by atoms with Gasteiger partial charge in [-0.15, -0.1) is 10.2 Å². The second-order valence-electron chi connectivity index (χ2n) is 5.63. The van der Waals surface area contributed by atoms with Crippen molar-refractivity contribution < 1.29 is 9.59 Å². The molecule has 2 aromatic rings. The number of nitrogens with one attached hydrogen (secondary N) is 2. The van der Waals surface area contributed by atoms with Gasteiger partial charge in [-0.2, -0.15) is 0 Å². The topological polar surface area (TPSA) is 84.0 Å². The molecular formula is C16H20N4O2S3. The van der Waals surface area contributed by atoms with Gasteiger partial charge in [0.15, 0.2) is 8.68 Å². The van der Waals surface area contributed by atoms with Gasteiger partial charge in [0, 0.05) is 24.1 Å². The summed E-state index contributed by atoms with van der Waals surface area (Å²) in [5, 5.41) is 13.7. The van der Waals surface area contributed by atoms with Gasteiger partial charge in [-0.1, -0.05) is 48.7 Å². The minimum atomic E-state index is -0.129. The number of rotatable bonds is 8. The standard InChI is InChI=1S/C16H20N4O2S3/c1-10(2)8-23-15-19-20-16(25-15)24-9-14(22)18-13-6-4-12(5-7-13)17-11(3)21/h4-7,10H,8-9H2,1-3H3,(H,17,21)(H,18,22). The van der Waals surface area contributed by atoms with Gasteiger partial charge in [0.1, 0.15) is 0 Å². The van der Waals surface area contributed by atoms with Crippen LogP contribution in [0.5, 0.6) is 0 Å². The average Bonchev–Trinajstić information content (AvgIpc) is 3.00. The number of carbonyl (C=O) groups excluding carboxylic acids is 2. The highest BCUT2D eigenvalue weighted by Crippen LogP contribution is 2.29. The van der Waals surface area contributed by atoms with Crippen LogP contribution in [0.4, 0.5) is 11.4 Å². The zero-order valence-electron chi connectivity index (χ0n) is 14.2. The number of benzene rings is 1. The van der Waals surface area contributed by atoms with Gasteiger partial charge in [0.2, 0.25) is 11.8 Å². The van der Waals surface area contributed by atoms with E-state index in [9.17, 15) is 9.59 Å². The number of hydrogen-bond donors (Lipinski definition) is 2. The van der Waals surface area contributed by atoms with Crippen LogP contribution in [0.25, 0.3) is 0 Å². The van der Waals surface area contributed by atoms with Gasteiger partial charge in [0.25, 0.3) is 0 Å². The molecule has 2 amide bonds. The second-order valence-corrected chi connectivity index (χ2v) is 9.10. The lowest BCUT2D eigenvalue weighted by molar-refractivity contribution is -0.114. The van der Waals surface area contributed by atoms with Crippen LogP contribution in [-0.4, -0.2) is 33.5 Å². The molecule has 0 radical (unpaired) electrons. The molecule has 1 heterocycles. The van der Waals surface area contributed by atoms with E-state index >= 15 is 0 Å². The lowest BCUT2D eigenvalue weighted by atomic mass is 10.3. The predicted molar refractivity (Wildman–Crippen MR) is 106 cm³/mol. The summed E-state index contributed by atoms with van der Waals surface area (Å²) in [4.78, 5) is 23.0.